The van der Waals surface area contributed by atoms with Gasteiger partial charge in [-0.15, -0.1) is 0 Å². The first-order valence-corrected chi connectivity index (χ1v) is 6.53. The molecule has 0 heterocycles. The molecule has 0 aliphatic carbocycles. The first kappa shape index (κ1) is 16.9. The zero-order valence-electron chi connectivity index (χ0n) is 11.9. The van der Waals surface area contributed by atoms with Gasteiger partial charge in [0, 0.05) is 13.1 Å². The minimum Gasteiger partial charge on any atom is -0.481 e. The average molecular weight is 258 g/mol. The molecule has 0 spiro atoms. The maximum Gasteiger partial charge on any atom is 0.311 e. The predicted molar refractivity (Wildman–Crippen MR) is 71.1 cm³/mol. The van der Waals surface area contributed by atoms with Gasteiger partial charge in [0.25, 0.3) is 0 Å². The van der Waals surface area contributed by atoms with Crippen LogP contribution in [0.1, 0.15) is 47.0 Å². The van der Waals surface area contributed by atoms with Crippen LogP contribution in [0.15, 0.2) is 0 Å². The summed E-state index contributed by atoms with van der Waals surface area (Å²) in [7, 11) is 0. The highest BCUT2D eigenvalue weighted by atomic mass is 16.4. The number of carboxylic acids is 1. The van der Waals surface area contributed by atoms with Crippen LogP contribution in [0.3, 0.4) is 0 Å². The molecule has 0 aromatic rings. The molecule has 1 amide bonds. The highest BCUT2D eigenvalue weighted by molar-refractivity contribution is 5.84. The zero-order chi connectivity index (χ0) is 14.4. The van der Waals surface area contributed by atoms with E-state index in [0.29, 0.717) is 19.3 Å². The molecule has 0 aromatic carbocycles. The van der Waals surface area contributed by atoms with Crippen LogP contribution in [0.25, 0.3) is 0 Å². The fraction of sp³-hybridized carbons (Fsp3) is 0.846. The molecule has 5 nitrogen and oxygen atoms in total. The highest BCUT2D eigenvalue weighted by Crippen LogP contribution is 2.26. The normalized spacial score (nSPS) is 14.9. The van der Waals surface area contributed by atoms with Crippen molar-refractivity contribution in [3.05, 3.63) is 0 Å². The lowest BCUT2D eigenvalue weighted by molar-refractivity contribution is -0.148. The summed E-state index contributed by atoms with van der Waals surface area (Å²) in [6.45, 7) is 7.70. The second-order valence-electron chi connectivity index (χ2n) is 5.09. The molecule has 0 rings (SSSR count). The van der Waals surface area contributed by atoms with E-state index in [1.807, 2.05) is 13.8 Å². The van der Waals surface area contributed by atoms with E-state index < -0.39 is 16.8 Å². The molecule has 0 aromatic heterocycles. The van der Waals surface area contributed by atoms with Gasteiger partial charge in [-0.3, -0.25) is 9.59 Å². The molecule has 0 radical (unpaired) electrons. The van der Waals surface area contributed by atoms with Gasteiger partial charge in [0.05, 0.1) is 10.8 Å². The van der Waals surface area contributed by atoms with Crippen molar-refractivity contribution in [3.8, 4) is 0 Å². The Bertz CT molecular complexity index is 292. The number of carboxylic acid groups (broad SMARTS) is 1. The first-order valence-electron chi connectivity index (χ1n) is 6.53. The lowest BCUT2D eigenvalue weighted by atomic mass is 9.80. The van der Waals surface area contributed by atoms with Crippen LogP contribution in [-0.4, -0.2) is 30.1 Å². The number of aliphatic carboxylic acids is 1. The van der Waals surface area contributed by atoms with Gasteiger partial charge in [-0.1, -0.05) is 20.8 Å². The van der Waals surface area contributed by atoms with E-state index >= 15 is 0 Å². The molecule has 1 atom stereocenters. The predicted octanol–water partition coefficient (Wildman–Crippen LogP) is 1.37. The molecule has 0 saturated heterocycles. The van der Waals surface area contributed by atoms with Crippen LogP contribution in [0.5, 0.6) is 0 Å². The first-order chi connectivity index (χ1) is 8.31. The number of carbonyl (C=O) groups excluding carboxylic acids is 1. The van der Waals surface area contributed by atoms with Crippen molar-refractivity contribution in [2.24, 2.45) is 16.6 Å². The van der Waals surface area contributed by atoms with Gasteiger partial charge >= 0.3 is 5.97 Å². The number of rotatable bonds is 8. The molecule has 4 N–H and O–H groups in total. The third-order valence-electron chi connectivity index (χ3n) is 4.16. The lowest BCUT2D eigenvalue weighted by Gasteiger charge is -2.31. The van der Waals surface area contributed by atoms with Crippen molar-refractivity contribution >= 4 is 11.9 Å². The lowest BCUT2D eigenvalue weighted by Crippen LogP contribution is -2.49. The second-order valence-corrected chi connectivity index (χ2v) is 5.09. The van der Waals surface area contributed by atoms with Gasteiger partial charge in [-0.05, 0) is 26.2 Å². The Hall–Kier alpha value is -1.10. The summed E-state index contributed by atoms with van der Waals surface area (Å²) < 4.78 is 0. The Morgan fingerprint density at radius 1 is 1.17 bits per heavy atom. The molecule has 18 heavy (non-hydrogen) atoms. The van der Waals surface area contributed by atoms with Gasteiger partial charge in [0.2, 0.25) is 5.91 Å². The standard InChI is InChI=1S/C13H26N2O3/c1-5-12(4,11(17)18)9-15-10(16)13(6-2,7-3)8-14/h5-9,14H2,1-4H3,(H,15,16)(H,17,18). The summed E-state index contributed by atoms with van der Waals surface area (Å²) in [6, 6.07) is 0. The monoisotopic (exact) mass is 258 g/mol. The van der Waals surface area contributed by atoms with E-state index in [2.05, 4.69) is 5.32 Å². The van der Waals surface area contributed by atoms with Crippen LogP contribution < -0.4 is 11.1 Å². The van der Waals surface area contributed by atoms with E-state index in [1.165, 1.54) is 0 Å². The topological polar surface area (TPSA) is 92.4 Å². The van der Waals surface area contributed by atoms with Crippen LogP contribution in [0.4, 0.5) is 0 Å². The molecule has 0 aliphatic heterocycles. The van der Waals surface area contributed by atoms with Gasteiger partial charge in [-0.2, -0.15) is 0 Å². The van der Waals surface area contributed by atoms with Crippen molar-refractivity contribution in [3.63, 3.8) is 0 Å². The molecule has 0 saturated carbocycles. The van der Waals surface area contributed by atoms with Crippen molar-refractivity contribution in [2.75, 3.05) is 13.1 Å². The van der Waals surface area contributed by atoms with Gasteiger partial charge < -0.3 is 16.2 Å². The second kappa shape index (κ2) is 6.73. The summed E-state index contributed by atoms with van der Waals surface area (Å²) in [5.74, 6) is -1.03. The minimum absolute atomic E-state index is 0.138. The molecule has 5 heteroatoms. The summed E-state index contributed by atoms with van der Waals surface area (Å²) in [5, 5.41) is 11.9. The largest absolute Gasteiger partial charge is 0.481 e. The van der Waals surface area contributed by atoms with Crippen molar-refractivity contribution in [2.45, 2.75) is 47.0 Å². The number of carbonyl (C=O) groups is 2. The van der Waals surface area contributed by atoms with Crippen LogP contribution in [-0.2, 0) is 9.59 Å². The average Bonchev–Trinajstić information content (AvgIpc) is 2.38. The fourth-order valence-electron chi connectivity index (χ4n) is 1.77. The third kappa shape index (κ3) is 3.45. The summed E-state index contributed by atoms with van der Waals surface area (Å²) in [4.78, 5) is 23.3. The Balaban J connectivity index is 4.72. The molecule has 0 bridgehead atoms. The zero-order valence-corrected chi connectivity index (χ0v) is 11.9. The van der Waals surface area contributed by atoms with Crippen molar-refractivity contribution in [1.29, 1.82) is 0 Å². The van der Waals surface area contributed by atoms with Gasteiger partial charge in [-0.25, -0.2) is 0 Å². The van der Waals surface area contributed by atoms with Crippen molar-refractivity contribution in [1.82, 2.24) is 5.32 Å². The van der Waals surface area contributed by atoms with Crippen LogP contribution in [0, 0.1) is 10.8 Å². The van der Waals surface area contributed by atoms with E-state index in [-0.39, 0.29) is 19.0 Å². The highest BCUT2D eigenvalue weighted by Gasteiger charge is 2.36. The Morgan fingerprint density at radius 3 is 1.94 bits per heavy atom. The Labute approximate surface area is 109 Å². The van der Waals surface area contributed by atoms with Gasteiger partial charge in [0.1, 0.15) is 0 Å². The number of nitrogens with one attached hydrogen (secondary N) is 1. The number of nitrogens with two attached hydrogens (primary N) is 1. The molecule has 0 fully saturated rings. The molecule has 106 valence electrons. The van der Waals surface area contributed by atoms with Crippen LogP contribution in [0.2, 0.25) is 0 Å². The van der Waals surface area contributed by atoms with E-state index in [4.69, 9.17) is 10.8 Å². The van der Waals surface area contributed by atoms with Gasteiger partial charge in [0.15, 0.2) is 0 Å². The van der Waals surface area contributed by atoms with E-state index in [9.17, 15) is 9.59 Å². The Kier molecular flexibility index (Phi) is 6.32. The molecule has 0 aliphatic rings. The number of hydrogen-bond acceptors (Lipinski definition) is 3. The van der Waals surface area contributed by atoms with Crippen molar-refractivity contribution < 1.29 is 14.7 Å². The van der Waals surface area contributed by atoms with E-state index in [0.717, 1.165) is 0 Å². The molecular formula is C13H26N2O3. The third-order valence-corrected chi connectivity index (χ3v) is 4.16. The molecular weight excluding hydrogens is 232 g/mol. The van der Waals surface area contributed by atoms with Crippen LogP contribution >= 0.6 is 0 Å². The Morgan fingerprint density at radius 2 is 1.67 bits per heavy atom. The summed E-state index contributed by atoms with van der Waals surface area (Å²) in [5.41, 5.74) is 4.19. The summed E-state index contributed by atoms with van der Waals surface area (Å²) >= 11 is 0. The number of amides is 1. The number of hydrogen-bond donors (Lipinski definition) is 3. The maximum absolute atomic E-state index is 12.2. The summed E-state index contributed by atoms with van der Waals surface area (Å²) in [6.07, 6.45) is 1.78. The minimum atomic E-state index is -0.919. The van der Waals surface area contributed by atoms with E-state index in [1.54, 1.807) is 13.8 Å². The fourth-order valence-corrected chi connectivity index (χ4v) is 1.77. The smallest absolute Gasteiger partial charge is 0.311 e. The maximum atomic E-state index is 12.2. The SMILES string of the molecule is CCC(C)(CNC(=O)C(CC)(CC)CN)C(=O)O. The molecule has 1 unspecified atom stereocenters. The quantitative estimate of drug-likeness (QED) is 0.613.